The predicted molar refractivity (Wildman–Crippen MR) is 50.1 cm³/mol. The summed E-state index contributed by atoms with van der Waals surface area (Å²) in [6.45, 7) is 4.44. The zero-order valence-electron chi connectivity index (χ0n) is 8.32. The molecule has 4 heteroatoms. The number of ether oxygens (including phenoxy) is 1. The van der Waals surface area contributed by atoms with Crippen LogP contribution in [0.1, 0.15) is 26.7 Å². The van der Waals surface area contributed by atoms with Crippen LogP contribution in [0.3, 0.4) is 0 Å². The van der Waals surface area contributed by atoms with Gasteiger partial charge >= 0.3 is 5.97 Å². The summed E-state index contributed by atoms with van der Waals surface area (Å²) in [7, 11) is 0. The van der Waals surface area contributed by atoms with Crippen molar-refractivity contribution in [3.8, 4) is 0 Å². The van der Waals surface area contributed by atoms with Gasteiger partial charge in [0.25, 0.3) is 0 Å². The van der Waals surface area contributed by atoms with E-state index in [1.165, 1.54) is 0 Å². The van der Waals surface area contributed by atoms with Crippen LogP contribution in [0, 0.1) is 5.92 Å². The molecule has 0 radical (unpaired) electrons. The normalized spacial score (nSPS) is 13.0. The summed E-state index contributed by atoms with van der Waals surface area (Å²) < 4.78 is 4.89. The first-order valence-corrected chi connectivity index (χ1v) is 4.61. The SMILES string of the molecule is CC(C)CCOC(=O)C(N)CCO. The van der Waals surface area contributed by atoms with Gasteiger partial charge in [0.15, 0.2) is 0 Å². The summed E-state index contributed by atoms with van der Waals surface area (Å²) in [4.78, 5) is 11.1. The van der Waals surface area contributed by atoms with Gasteiger partial charge in [0.05, 0.1) is 6.61 Å². The Hall–Kier alpha value is -0.610. The molecular weight excluding hydrogens is 170 g/mol. The zero-order chi connectivity index (χ0) is 10.3. The van der Waals surface area contributed by atoms with Crippen LogP contribution in [0.25, 0.3) is 0 Å². The van der Waals surface area contributed by atoms with Gasteiger partial charge in [0, 0.05) is 6.61 Å². The Balaban J connectivity index is 3.50. The molecule has 0 amide bonds. The first kappa shape index (κ1) is 12.4. The molecule has 0 heterocycles. The highest BCUT2D eigenvalue weighted by Gasteiger charge is 2.13. The fourth-order valence-corrected chi connectivity index (χ4v) is 0.759. The molecule has 0 spiro atoms. The first-order chi connectivity index (χ1) is 6.07. The minimum atomic E-state index is -0.683. The Kier molecular flexibility index (Phi) is 6.54. The van der Waals surface area contributed by atoms with E-state index in [-0.39, 0.29) is 13.0 Å². The van der Waals surface area contributed by atoms with Crippen LogP contribution in [-0.2, 0) is 9.53 Å². The Morgan fingerprint density at radius 1 is 1.46 bits per heavy atom. The van der Waals surface area contributed by atoms with Gasteiger partial charge in [-0.1, -0.05) is 13.8 Å². The molecule has 3 N–H and O–H groups in total. The number of carbonyl (C=O) groups is 1. The van der Waals surface area contributed by atoms with Crippen molar-refractivity contribution in [2.75, 3.05) is 13.2 Å². The van der Waals surface area contributed by atoms with E-state index in [1.54, 1.807) is 0 Å². The minimum Gasteiger partial charge on any atom is -0.465 e. The first-order valence-electron chi connectivity index (χ1n) is 4.61. The molecule has 0 aromatic rings. The number of esters is 1. The van der Waals surface area contributed by atoms with Crippen molar-refractivity contribution < 1.29 is 14.6 Å². The third-order valence-electron chi connectivity index (χ3n) is 1.68. The molecule has 0 aliphatic heterocycles. The quantitative estimate of drug-likeness (QED) is 0.589. The molecule has 78 valence electrons. The highest BCUT2D eigenvalue weighted by atomic mass is 16.5. The smallest absolute Gasteiger partial charge is 0.322 e. The van der Waals surface area contributed by atoms with Crippen molar-refractivity contribution >= 4 is 5.97 Å². The summed E-state index contributed by atoms with van der Waals surface area (Å²) in [5.74, 6) is 0.0940. The minimum absolute atomic E-state index is 0.0829. The summed E-state index contributed by atoms with van der Waals surface area (Å²) >= 11 is 0. The standard InChI is InChI=1S/C9H19NO3/c1-7(2)4-6-13-9(12)8(10)3-5-11/h7-8,11H,3-6,10H2,1-2H3. The summed E-state index contributed by atoms with van der Waals surface area (Å²) in [6.07, 6.45) is 1.11. The van der Waals surface area contributed by atoms with Crippen LogP contribution < -0.4 is 5.73 Å². The molecule has 0 fully saturated rings. The number of aliphatic hydroxyl groups is 1. The number of nitrogens with two attached hydrogens (primary N) is 1. The van der Waals surface area contributed by atoms with Gasteiger partial charge in [-0.15, -0.1) is 0 Å². The topological polar surface area (TPSA) is 72.5 Å². The van der Waals surface area contributed by atoms with E-state index < -0.39 is 12.0 Å². The Morgan fingerprint density at radius 3 is 2.54 bits per heavy atom. The van der Waals surface area contributed by atoms with E-state index in [4.69, 9.17) is 15.6 Å². The number of hydrogen-bond acceptors (Lipinski definition) is 4. The maximum Gasteiger partial charge on any atom is 0.322 e. The van der Waals surface area contributed by atoms with Crippen LogP contribution in [-0.4, -0.2) is 30.3 Å². The van der Waals surface area contributed by atoms with Gasteiger partial charge in [-0.25, -0.2) is 0 Å². The molecule has 0 saturated carbocycles. The molecule has 0 saturated heterocycles. The van der Waals surface area contributed by atoms with Crippen molar-refractivity contribution in [3.63, 3.8) is 0 Å². The van der Waals surface area contributed by atoms with E-state index in [0.717, 1.165) is 6.42 Å². The molecule has 13 heavy (non-hydrogen) atoms. The summed E-state index contributed by atoms with van der Waals surface area (Å²) in [5.41, 5.74) is 5.41. The van der Waals surface area contributed by atoms with E-state index >= 15 is 0 Å². The largest absolute Gasteiger partial charge is 0.465 e. The predicted octanol–water partition coefficient (Wildman–Crippen LogP) is 0.285. The lowest BCUT2D eigenvalue weighted by atomic mass is 10.1. The zero-order valence-corrected chi connectivity index (χ0v) is 8.32. The average Bonchev–Trinajstić information content (AvgIpc) is 2.04. The van der Waals surface area contributed by atoms with Gasteiger partial charge in [-0.05, 0) is 18.8 Å². The highest BCUT2D eigenvalue weighted by molar-refractivity contribution is 5.75. The van der Waals surface area contributed by atoms with Crippen LogP contribution in [0.15, 0.2) is 0 Å². The van der Waals surface area contributed by atoms with Crippen LogP contribution >= 0.6 is 0 Å². The van der Waals surface area contributed by atoms with Crippen LogP contribution in [0.2, 0.25) is 0 Å². The van der Waals surface area contributed by atoms with E-state index in [1.807, 2.05) is 0 Å². The number of carbonyl (C=O) groups excluding carboxylic acids is 1. The maximum absolute atomic E-state index is 11.1. The molecular formula is C9H19NO3. The molecule has 0 aliphatic rings. The Bertz CT molecular complexity index is 148. The molecule has 4 nitrogen and oxygen atoms in total. The number of rotatable bonds is 6. The number of aliphatic hydroxyl groups excluding tert-OH is 1. The Morgan fingerprint density at radius 2 is 2.08 bits per heavy atom. The summed E-state index contributed by atoms with van der Waals surface area (Å²) in [5, 5.41) is 8.51. The molecule has 0 aromatic heterocycles. The van der Waals surface area contributed by atoms with Crippen molar-refractivity contribution in [2.45, 2.75) is 32.7 Å². The molecule has 1 unspecified atom stereocenters. The second-order valence-electron chi connectivity index (χ2n) is 3.47. The second kappa shape index (κ2) is 6.86. The number of hydrogen-bond donors (Lipinski definition) is 2. The average molecular weight is 189 g/mol. The van der Waals surface area contributed by atoms with Crippen LogP contribution in [0.4, 0.5) is 0 Å². The molecule has 0 aliphatic carbocycles. The van der Waals surface area contributed by atoms with Crippen molar-refractivity contribution in [1.82, 2.24) is 0 Å². The lowest BCUT2D eigenvalue weighted by Gasteiger charge is -2.10. The maximum atomic E-state index is 11.1. The second-order valence-corrected chi connectivity index (χ2v) is 3.47. The lowest BCUT2D eigenvalue weighted by Crippen LogP contribution is -2.33. The molecule has 1 atom stereocenters. The summed E-state index contributed by atoms with van der Waals surface area (Å²) in [6, 6.07) is -0.683. The van der Waals surface area contributed by atoms with Crippen molar-refractivity contribution in [1.29, 1.82) is 0 Å². The fourth-order valence-electron chi connectivity index (χ4n) is 0.759. The Labute approximate surface area is 79.1 Å². The molecule has 0 rings (SSSR count). The van der Waals surface area contributed by atoms with E-state index in [9.17, 15) is 4.79 Å². The lowest BCUT2D eigenvalue weighted by molar-refractivity contribution is -0.145. The van der Waals surface area contributed by atoms with E-state index in [0.29, 0.717) is 12.5 Å². The fraction of sp³-hybridized carbons (Fsp3) is 0.889. The highest BCUT2D eigenvalue weighted by Crippen LogP contribution is 2.00. The third-order valence-corrected chi connectivity index (χ3v) is 1.68. The van der Waals surface area contributed by atoms with Gasteiger partial charge < -0.3 is 15.6 Å². The monoisotopic (exact) mass is 189 g/mol. The van der Waals surface area contributed by atoms with E-state index in [2.05, 4.69) is 13.8 Å². The van der Waals surface area contributed by atoms with Gasteiger partial charge in [0.1, 0.15) is 6.04 Å². The van der Waals surface area contributed by atoms with Gasteiger partial charge in [-0.2, -0.15) is 0 Å². The van der Waals surface area contributed by atoms with Crippen LogP contribution in [0.5, 0.6) is 0 Å². The van der Waals surface area contributed by atoms with Gasteiger partial charge in [-0.3, -0.25) is 4.79 Å². The van der Waals surface area contributed by atoms with Crippen molar-refractivity contribution in [2.24, 2.45) is 11.7 Å². The molecule has 0 bridgehead atoms. The van der Waals surface area contributed by atoms with Gasteiger partial charge in [0.2, 0.25) is 0 Å². The van der Waals surface area contributed by atoms with Crippen molar-refractivity contribution in [3.05, 3.63) is 0 Å². The third kappa shape index (κ3) is 6.54. The molecule has 0 aromatic carbocycles.